The molecule has 0 spiro atoms. The van der Waals surface area contributed by atoms with Gasteiger partial charge in [0.25, 0.3) is 6.08 Å². The van der Waals surface area contributed by atoms with Crippen LogP contribution in [0.1, 0.15) is 12.5 Å². The fourth-order valence-electron chi connectivity index (χ4n) is 2.88. The van der Waals surface area contributed by atoms with E-state index < -0.39 is 40.3 Å². The van der Waals surface area contributed by atoms with Crippen LogP contribution in [-0.4, -0.2) is 6.61 Å². The summed E-state index contributed by atoms with van der Waals surface area (Å²) in [6, 6.07) is 6.71. The highest BCUT2D eigenvalue weighted by molar-refractivity contribution is 5.90. The van der Waals surface area contributed by atoms with Crippen LogP contribution in [0.4, 0.5) is 26.3 Å². The summed E-state index contributed by atoms with van der Waals surface area (Å²) in [6.45, 7) is 2.05. The Morgan fingerprint density at radius 1 is 0.931 bits per heavy atom. The van der Waals surface area contributed by atoms with Gasteiger partial charge in [-0.2, -0.15) is 8.78 Å². The van der Waals surface area contributed by atoms with Crippen LogP contribution in [0.25, 0.3) is 28.0 Å². The molecule has 7 heteroatoms. The van der Waals surface area contributed by atoms with E-state index in [0.29, 0.717) is 0 Å². The van der Waals surface area contributed by atoms with Gasteiger partial charge in [-0.1, -0.05) is 12.2 Å². The van der Waals surface area contributed by atoms with Gasteiger partial charge in [0.05, 0.1) is 10.9 Å². The molecule has 3 rings (SSSR count). The quantitative estimate of drug-likeness (QED) is 0.319. The minimum atomic E-state index is -2.32. The molecule has 0 heterocycles. The van der Waals surface area contributed by atoms with Crippen LogP contribution >= 0.6 is 0 Å². The summed E-state index contributed by atoms with van der Waals surface area (Å²) in [5.41, 5.74) is -1.02. The fraction of sp³-hybridized carbons (Fsp3) is 0.0909. The maximum absolute atomic E-state index is 14.5. The van der Waals surface area contributed by atoms with E-state index >= 15 is 0 Å². The Balaban J connectivity index is 2.09. The summed E-state index contributed by atoms with van der Waals surface area (Å²) in [7, 11) is 0. The molecule has 0 aliphatic rings. The molecule has 0 radical (unpaired) electrons. The summed E-state index contributed by atoms with van der Waals surface area (Å²) < 4.78 is 87.6. The average Bonchev–Trinajstić information content (AvgIpc) is 2.64. The van der Waals surface area contributed by atoms with E-state index in [1.807, 2.05) is 0 Å². The Bertz CT molecular complexity index is 1130. The standard InChI is InChI=1S/C22H14F6O/c1-2-3-6-29-14-4-5-15(18(24)10-14)12-7-13-9-17(23)16(11-20(26)27)22(28)21(13)19(25)8-12/h2-5,7-11H,6H2,1H3. The molecule has 0 fully saturated rings. The third-order valence-electron chi connectivity index (χ3n) is 4.20. The molecule has 29 heavy (non-hydrogen) atoms. The molecule has 0 aliphatic carbocycles. The first-order chi connectivity index (χ1) is 13.8. The van der Waals surface area contributed by atoms with Gasteiger partial charge in [0, 0.05) is 17.7 Å². The van der Waals surface area contributed by atoms with Gasteiger partial charge in [-0.3, -0.25) is 0 Å². The van der Waals surface area contributed by atoms with Crippen molar-refractivity contribution in [2.45, 2.75) is 6.92 Å². The van der Waals surface area contributed by atoms with Crippen molar-refractivity contribution in [3.8, 4) is 16.9 Å². The van der Waals surface area contributed by atoms with E-state index in [9.17, 15) is 26.3 Å². The number of allylic oxidation sites excluding steroid dienone is 1. The fourth-order valence-corrected chi connectivity index (χ4v) is 2.88. The van der Waals surface area contributed by atoms with Crippen LogP contribution in [0.5, 0.6) is 5.75 Å². The van der Waals surface area contributed by atoms with Crippen molar-refractivity contribution in [1.82, 2.24) is 0 Å². The second-order valence-electron chi connectivity index (χ2n) is 6.10. The Hall–Kier alpha value is -3.22. The van der Waals surface area contributed by atoms with Gasteiger partial charge in [0.2, 0.25) is 0 Å². The zero-order valence-electron chi connectivity index (χ0n) is 15.1. The van der Waals surface area contributed by atoms with Crippen molar-refractivity contribution in [3.05, 3.63) is 83.5 Å². The number of ether oxygens (including phenoxy) is 1. The zero-order chi connectivity index (χ0) is 21.1. The van der Waals surface area contributed by atoms with Gasteiger partial charge in [0.15, 0.2) is 0 Å². The molecule has 0 saturated carbocycles. The molecule has 0 unspecified atom stereocenters. The summed E-state index contributed by atoms with van der Waals surface area (Å²) in [5.74, 6) is -4.33. The molecular weight excluding hydrogens is 394 g/mol. The van der Waals surface area contributed by atoms with E-state index in [-0.39, 0.29) is 34.9 Å². The van der Waals surface area contributed by atoms with Crippen molar-refractivity contribution in [3.63, 3.8) is 0 Å². The lowest BCUT2D eigenvalue weighted by Gasteiger charge is -2.11. The maximum Gasteiger partial charge on any atom is 0.271 e. The minimum Gasteiger partial charge on any atom is -0.489 e. The monoisotopic (exact) mass is 408 g/mol. The number of hydrogen-bond acceptors (Lipinski definition) is 1. The second kappa shape index (κ2) is 8.43. The van der Waals surface area contributed by atoms with Gasteiger partial charge in [-0.15, -0.1) is 0 Å². The molecule has 0 N–H and O–H groups in total. The van der Waals surface area contributed by atoms with Crippen LogP contribution in [0.15, 0.2) is 54.6 Å². The number of rotatable bonds is 5. The van der Waals surface area contributed by atoms with Crippen molar-refractivity contribution in [2.75, 3.05) is 6.61 Å². The highest BCUT2D eigenvalue weighted by Crippen LogP contribution is 2.34. The normalized spacial score (nSPS) is 11.3. The van der Waals surface area contributed by atoms with E-state index in [2.05, 4.69) is 0 Å². The molecule has 0 bridgehead atoms. The number of hydrogen-bond donors (Lipinski definition) is 0. The summed E-state index contributed by atoms with van der Waals surface area (Å²) in [4.78, 5) is 0. The number of halogens is 6. The summed E-state index contributed by atoms with van der Waals surface area (Å²) in [5, 5.41) is -0.881. The second-order valence-corrected chi connectivity index (χ2v) is 6.10. The highest BCUT2D eigenvalue weighted by Gasteiger charge is 2.18. The summed E-state index contributed by atoms with van der Waals surface area (Å²) in [6.07, 6.45) is 1.16. The topological polar surface area (TPSA) is 9.23 Å². The SMILES string of the molecule is CC=CCOc1ccc(-c2cc(F)c3c(F)c(C=C(F)F)c(F)cc3c2)c(F)c1. The molecule has 150 valence electrons. The average molecular weight is 408 g/mol. The van der Waals surface area contributed by atoms with Crippen LogP contribution in [0.2, 0.25) is 0 Å². The van der Waals surface area contributed by atoms with Crippen LogP contribution < -0.4 is 4.74 Å². The molecule has 0 amide bonds. The van der Waals surface area contributed by atoms with Gasteiger partial charge in [-0.25, -0.2) is 17.6 Å². The Morgan fingerprint density at radius 2 is 1.69 bits per heavy atom. The van der Waals surface area contributed by atoms with Crippen molar-refractivity contribution < 1.29 is 31.1 Å². The summed E-state index contributed by atoms with van der Waals surface area (Å²) >= 11 is 0. The van der Waals surface area contributed by atoms with Crippen molar-refractivity contribution in [2.24, 2.45) is 0 Å². The zero-order valence-corrected chi connectivity index (χ0v) is 15.1. The molecule has 0 atom stereocenters. The molecular formula is C22H14F6O. The molecule has 0 aromatic heterocycles. The Kier molecular flexibility index (Phi) is 5.96. The predicted molar refractivity (Wildman–Crippen MR) is 99.7 cm³/mol. The van der Waals surface area contributed by atoms with E-state index in [1.54, 1.807) is 19.1 Å². The first kappa shape index (κ1) is 20.5. The van der Waals surface area contributed by atoms with Crippen molar-refractivity contribution >= 4 is 16.8 Å². The molecule has 0 aliphatic heterocycles. The van der Waals surface area contributed by atoms with Gasteiger partial charge < -0.3 is 4.74 Å². The molecule has 3 aromatic rings. The van der Waals surface area contributed by atoms with Crippen LogP contribution in [0.3, 0.4) is 0 Å². The van der Waals surface area contributed by atoms with E-state index in [1.165, 1.54) is 18.2 Å². The number of benzene rings is 3. The third-order valence-corrected chi connectivity index (χ3v) is 4.20. The Labute approximate surface area is 162 Å². The minimum absolute atomic E-state index is 0.0103. The van der Waals surface area contributed by atoms with Crippen molar-refractivity contribution in [1.29, 1.82) is 0 Å². The molecule has 1 nitrogen and oxygen atoms in total. The van der Waals surface area contributed by atoms with Crippen LogP contribution in [0, 0.1) is 23.3 Å². The smallest absolute Gasteiger partial charge is 0.271 e. The maximum atomic E-state index is 14.5. The van der Waals surface area contributed by atoms with E-state index in [4.69, 9.17) is 4.74 Å². The molecule has 3 aromatic carbocycles. The van der Waals surface area contributed by atoms with Crippen LogP contribution in [-0.2, 0) is 0 Å². The predicted octanol–water partition coefficient (Wildman–Crippen LogP) is 7.26. The highest BCUT2D eigenvalue weighted by atomic mass is 19.3. The third kappa shape index (κ3) is 4.29. The first-order valence-electron chi connectivity index (χ1n) is 8.49. The lowest BCUT2D eigenvalue weighted by Crippen LogP contribution is -1.97. The number of fused-ring (bicyclic) bond motifs is 1. The lowest BCUT2D eigenvalue weighted by molar-refractivity contribution is 0.360. The Morgan fingerprint density at radius 3 is 2.34 bits per heavy atom. The largest absolute Gasteiger partial charge is 0.489 e. The molecule has 0 saturated heterocycles. The van der Waals surface area contributed by atoms with Gasteiger partial charge in [0.1, 0.15) is 35.6 Å². The lowest BCUT2D eigenvalue weighted by atomic mass is 9.98. The van der Waals surface area contributed by atoms with Gasteiger partial charge >= 0.3 is 0 Å². The van der Waals surface area contributed by atoms with E-state index in [0.717, 1.165) is 18.2 Å². The van der Waals surface area contributed by atoms with Gasteiger partial charge in [-0.05, 0) is 48.2 Å². The first-order valence-corrected chi connectivity index (χ1v) is 8.49.